The number of fused-ring (bicyclic) bond motifs is 1. The first-order valence-electron chi connectivity index (χ1n) is 6.94. The quantitative estimate of drug-likeness (QED) is 0.391. The summed E-state index contributed by atoms with van der Waals surface area (Å²) in [5, 5.41) is 0.926. The molecule has 7 heteroatoms. The van der Waals surface area contributed by atoms with Crippen LogP contribution in [0.4, 0.5) is 0 Å². The van der Waals surface area contributed by atoms with Gasteiger partial charge in [-0.1, -0.05) is 17.7 Å². The Balaban J connectivity index is 0.000000177. The summed E-state index contributed by atoms with van der Waals surface area (Å²) in [6.45, 7) is 3.81. The van der Waals surface area contributed by atoms with Gasteiger partial charge in [0.25, 0.3) is 10.1 Å². The molecule has 0 saturated heterocycles. The Morgan fingerprint density at radius 2 is 1.62 bits per heavy atom. The number of rotatable bonds is 1. The molecule has 0 radical (unpaired) electrons. The number of benzene rings is 2. The summed E-state index contributed by atoms with van der Waals surface area (Å²) in [5.41, 5.74) is 2.29. The Bertz CT molecular complexity index is 1020. The minimum absolute atomic E-state index is 0.0666. The lowest BCUT2D eigenvalue weighted by molar-refractivity contribution is 0.483. The Hall–Kier alpha value is -2.09. The van der Waals surface area contributed by atoms with Crippen LogP contribution < -0.4 is 5.63 Å². The molecule has 1 N–H and O–H groups in total. The highest BCUT2D eigenvalue weighted by molar-refractivity contribution is 7.85. The van der Waals surface area contributed by atoms with Crippen LogP contribution in [0.2, 0.25) is 0 Å². The van der Waals surface area contributed by atoms with Crippen LogP contribution in [0.5, 0.6) is 0 Å². The van der Waals surface area contributed by atoms with Crippen molar-refractivity contribution in [3.8, 4) is 0 Å². The molecule has 3 rings (SSSR count). The first-order chi connectivity index (χ1) is 11.2. The molecule has 126 valence electrons. The molecular formula is C17H16O5S2. The highest BCUT2D eigenvalue weighted by Crippen LogP contribution is 2.20. The molecule has 5 nitrogen and oxygen atoms in total. The average molecular weight is 364 g/mol. The maximum Gasteiger partial charge on any atom is 0.336 e. The fraction of sp³-hybridized carbons (Fsp3) is 0.118. The highest BCUT2D eigenvalue weighted by Gasteiger charge is 2.06. The third-order valence-electron chi connectivity index (χ3n) is 3.26. The van der Waals surface area contributed by atoms with Gasteiger partial charge in [0, 0.05) is 16.3 Å². The van der Waals surface area contributed by atoms with E-state index in [-0.39, 0.29) is 10.5 Å². The zero-order valence-corrected chi connectivity index (χ0v) is 14.8. The van der Waals surface area contributed by atoms with Crippen molar-refractivity contribution in [2.24, 2.45) is 0 Å². The molecule has 1 heterocycles. The van der Waals surface area contributed by atoms with Crippen LogP contribution in [0, 0.1) is 13.8 Å². The monoisotopic (exact) mass is 364 g/mol. The number of aryl methyl sites for hydroxylation is 2. The van der Waals surface area contributed by atoms with Crippen LogP contribution in [-0.2, 0) is 10.1 Å². The smallest absolute Gasteiger partial charge is 0.336 e. The van der Waals surface area contributed by atoms with Gasteiger partial charge in [-0.2, -0.15) is 8.42 Å². The van der Waals surface area contributed by atoms with Gasteiger partial charge in [-0.25, -0.2) is 4.79 Å². The second kappa shape index (κ2) is 7.21. The van der Waals surface area contributed by atoms with E-state index in [0.29, 0.717) is 5.58 Å². The van der Waals surface area contributed by atoms with Gasteiger partial charge >= 0.3 is 5.63 Å². The van der Waals surface area contributed by atoms with Gasteiger partial charge < -0.3 is 4.42 Å². The zero-order chi connectivity index (χ0) is 17.9. The summed E-state index contributed by atoms with van der Waals surface area (Å²) in [7, 11) is -4.02. The summed E-state index contributed by atoms with van der Waals surface area (Å²) in [6.07, 6.45) is 0. The van der Waals surface area contributed by atoms with Crippen molar-refractivity contribution < 1.29 is 17.4 Å². The molecule has 24 heavy (non-hydrogen) atoms. The predicted molar refractivity (Wildman–Crippen MR) is 95.5 cm³/mol. The number of hydrogen-bond donors (Lipinski definition) is 2. The van der Waals surface area contributed by atoms with Gasteiger partial charge in [0.2, 0.25) is 0 Å². The van der Waals surface area contributed by atoms with E-state index in [1.165, 1.54) is 18.2 Å². The third kappa shape index (κ3) is 4.70. The van der Waals surface area contributed by atoms with Crippen molar-refractivity contribution in [1.82, 2.24) is 0 Å². The highest BCUT2D eigenvalue weighted by atomic mass is 32.2. The molecule has 2 aromatic carbocycles. The lowest BCUT2D eigenvalue weighted by atomic mass is 10.1. The van der Waals surface area contributed by atoms with Gasteiger partial charge in [0.15, 0.2) is 0 Å². The maximum atomic E-state index is 10.9. The van der Waals surface area contributed by atoms with Crippen molar-refractivity contribution >= 4 is 33.7 Å². The Morgan fingerprint density at radius 3 is 2.21 bits per heavy atom. The maximum absolute atomic E-state index is 10.9. The van der Waals surface area contributed by atoms with Crippen LogP contribution in [0.1, 0.15) is 11.1 Å². The van der Waals surface area contributed by atoms with Crippen LogP contribution in [0.15, 0.2) is 67.5 Å². The largest absolute Gasteiger partial charge is 0.423 e. The molecule has 0 unspecified atom stereocenters. The van der Waals surface area contributed by atoms with Crippen LogP contribution in [0.3, 0.4) is 0 Å². The molecular weight excluding hydrogens is 348 g/mol. The van der Waals surface area contributed by atoms with Gasteiger partial charge in [-0.05, 0) is 49.7 Å². The molecule has 0 atom stereocenters. The van der Waals surface area contributed by atoms with Gasteiger partial charge in [0.05, 0.1) is 4.90 Å². The molecule has 0 saturated carbocycles. The van der Waals surface area contributed by atoms with Crippen molar-refractivity contribution in [3.05, 3.63) is 70.1 Å². The van der Waals surface area contributed by atoms with Crippen LogP contribution in [-0.4, -0.2) is 13.0 Å². The summed E-state index contributed by atoms with van der Waals surface area (Å²) in [4.78, 5) is 11.7. The van der Waals surface area contributed by atoms with E-state index in [9.17, 15) is 13.2 Å². The van der Waals surface area contributed by atoms with E-state index in [4.69, 9.17) is 8.97 Å². The Labute approximate surface area is 145 Å². The molecule has 0 fully saturated rings. The molecule has 0 aliphatic heterocycles. The Kier molecular flexibility index (Phi) is 5.48. The van der Waals surface area contributed by atoms with E-state index in [1.54, 1.807) is 24.3 Å². The topological polar surface area (TPSA) is 84.6 Å². The summed E-state index contributed by atoms with van der Waals surface area (Å²) >= 11 is 4.25. The number of hydrogen-bond acceptors (Lipinski definition) is 5. The van der Waals surface area contributed by atoms with Gasteiger partial charge in [-0.15, -0.1) is 12.6 Å². The lowest BCUT2D eigenvalue weighted by Gasteiger charge is -2.00. The Morgan fingerprint density at radius 1 is 1.00 bits per heavy atom. The van der Waals surface area contributed by atoms with E-state index in [0.717, 1.165) is 21.4 Å². The molecule has 0 aliphatic rings. The molecule has 0 bridgehead atoms. The first kappa shape index (κ1) is 18.3. The standard InChI is InChI=1S/C10H8O2S.C7H8O3S/c1-6-4-7-2-3-10(11)12-8(7)5-9(6)13;1-6-2-4-7(5-3-6)11(8,9)10/h2-5,13H,1H3;2-5H,1H3,(H,8,9,10). The van der Waals surface area contributed by atoms with Crippen molar-refractivity contribution in [3.63, 3.8) is 0 Å². The van der Waals surface area contributed by atoms with E-state index in [2.05, 4.69) is 12.6 Å². The zero-order valence-electron chi connectivity index (χ0n) is 13.1. The number of thiol groups is 1. The SMILES string of the molecule is Cc1cc2ccc(=O)oc2cc1S.Cc1ccc(S(=O)(=O)O)cc1. The van der Waals surface area contributed by atoms with E-state index >= 15 is 0 Å². The van der Waals surface area contributed by atoms with Crippen LogP contribution >= 0.6 is 12.6 Å². The minimum atomic E-state index is -4.02. The summed E-state index contributed by atoms with van der Waals surface area (Å²) in [6, 6.07) is 12.9. The average Bonchev–Trinajstić information content (AvgIpc) is 2.49. The second-order valence-corrected chi connectivity index (χ2v) is 7.12. The second-order valence-electron chi connectivity index (χ2n) is 5.22. The lowest BCUT2D eigenvalue weighted by Crippen LogP contribution is -1.96. The molecule has 0 amide bonds. The summed E-state index contributed by atoms with van der Waals surface area (Å²) < 4.78 is 34.5. The van der Waals surface area contributed by atoms with Gasteiger partial charge in [0.1, 0.15) is 5.58 Å². The molecule has 0 aliphatic carbocycles. The molecule has 3 aromatic rings. The van der Waals surface area contributed by atoms with E-state index in [1.807, 2.05) is 19.9 Å². The van der Waals surface area contributed by atoms with E-state index < -0.39 is 10.1 Å². The fourth-order valence-electron chi connectivity index (χ4n) is 1.93. The van der Waals surface area contributed by atoms with Crippen LogP contribution in [0.25, 0.3) is 11.0 Å². The first-order valence-corrected chi connectivity index (χ1v) is 8.83. The molecule has 1 aromatic heterocycles. The van der Waals surface area contributed by atoms with Crippen molar-refractivity contribution in [2.45, 2.75) is 23.6 Å². The third-order valence-corrected chi connectivity index (χ3v) is 4.61. The minimum Gasteiger partial charge on any atom is -0.423 e. The normalized spacial score (nSPS) is 11.0. The van der Waals surface area contributed by atoms with Crippen molar-refractivity contribution in [1.29, 1.82) is 0 Å². The van der Waals surface area contributed by atoms with Crippen molar-refractivity contribution in [2.75, 3.05) is 0 Å². The predicted octanol–water partition coefficient (Wildman–Crippen LogP) is 3.63. The molecule has 0 spiro atoms. The fourth-order valence-corrected chi connectivity index (χ4v) is 2.59. The van der Waals surface area contributed by atoms with Gasteiger partial charge in [-0.3, -0.25) is 4.55 Å². The summed E-state index contributed by atoms with van der Waals surface area (Å²) in [5.74, 6) is 0.